The van der Waals surface area contributed by atoms with Gasteiger partial charge in [0.05, 0.1) is 26.2 Å². The zero-order chi connectivity index (χ0) is 13.7. The van der Waals surface area contributed by atoms with Crippen LogP contribution in [0.2, 0.25) is 0 Å². The number of hydrogen-bond donors (Lipinski definition) is 1. The van der Waals surface area contributed by atoms with Gasteiger partial charge in [0, 0.05) is 0 Å². The highest BCUT2D eigenvalue weighted by Gasteiger charge is 2.22. The molecule has 1 N–H and O–H groups in total. The normalized spacial score (nSPS) is 11.3. The number of hydrogen-bond acceptors (Lipinski definition) is 3. The molecule has 0 rings (SSSR count). The molecule has 0 spiro atoms. The van der Waals surface area contributed by atoms with Gasteiger partial charge in [-0.1, -0.05) is 27.7 Å². The van der Waals surface area contributed by atoms with Crippen LogP contribution in [0.5, 0.6) is 0 Å². The van der Waals surface area contributed by atoms with Crippen molar-refractivity contribution >= 4 is 0 Å². The zero-order valence-electron chi connectivity index (χ0n) is 11.7. The standard InChI is InChI=1S/C12H28N.HIO3/c1-5-9-13(10-6-2,11-7-3)12-8-4;2-1(3)4/h5-12H2,1-4H3;2H/q+1;. The molecule has 0 radical (unpaired) electrons. The van der Waals surface area contributed by atoms with Gasteiger partial charge in [0.2, 0.25) is 0 Å². The Kier molecular flexibility index (Phi) is 15.2. The number of quaternary nitrogens is 1. The van der Waals surface area contributed by atoms with Crippen LogP contribution in [0, 0.1) is 0 Å². The van der Waals surface area contributed by atoms with Gasteiger partial charge in [0.1, 0.15) is 0 Å². The molecule has 0 bridgehead atoms. The number of rotatable bonds is 8. The Bertz CT molecular complexity index is 124. The van der Waals surface area contributed by atoms with Crippen molar-refractivity contribution < 1.29 is 35.9 Å². The fraction of sp³-hybridized carbons (Fsp3) is 1.00. The van der Waals surface area contributed by atoms with Crippen LogP contribution in [0.25, 0.3) is 0 Å². The molecule has 0 aliphatic rings. The highest BCUT2D eigenvalue weighted by atomic mass is 127. The van der Waals surface area contributed by atoms with Crippen molar-refractivity contribution in [2.45, 2.75) is 53.4 Å². The Balaban J connectivity index is 0. The Hall–Kier alpha value is 0.570. The molecule has 0 aromatic heterocycles. The third kappa shape index (κ3) is 12.8. The first-order chi connectivity index (χ1) is 7.97. The topological polar surface area (TPSA) is 66.3 Å². The highest BCUT2D eigenvalue weighted by Crippen LogP contribution is 2.12. The van der Waals surface area contributed by atoms with Crippen LogP contribution >= 0.6 is 0 Å². The van der Waals surface area contributed by atoms with Crippen molar-refractivity contribution in [3.63, 3.8) is 0 Å². The van der Waals surface area contributed by atoms with E-state index in [1.807, 2.05) is 0 Å². The molecular weight excluding hydrogens is 333 g/mol. The van der Waals surface area contributed by atoms with Gasteiger partial charge in [0.15, 0.2) is 0 Å². The molecule has 17 heavy (non-hydrogen) atoms. The SMILES string of the molecule is CCC[N+](CCC)(CCC)CCC.[O-][I+2]([O-])O. The average Bonchev–Trinajstić information content (AvgIpc) is 2.18. The largest absolute Gasteiger partial charge is 0.503 e. The molecule has 0 unspecified atom stereocenters. The lowest BCUT2D eigenvalue weighted by atomic mass is 10.2. The molecule has 0 aliphatic heterocycles. The number of nitrogens with zero attached hydrogens (tertiary/aromatic N) is 1. The van der Waals surface area contributed by atoms with E-state index in [0.717, 1.165) is 0 Å². The van der Waals surface area contributed by atoms with E-state index >= 15 is 0 Å². The molecule has 0 heterocycles. The summed E-state index contributed by atoms with van der Waals surface area (Å²) in [7, 11) is 0. The molecule has 0 aromatic rings. The summed E-state index contributed by atoms with van der Waals surface area (Å²) >= 11 is -3.76. The second kappa shape index (κ2) is 13.0. The summed E-state index contributed by atoms with van der Waals surface area (Å²) in [5.41, 5.74) is 0. The maximum atomic E-state index is 8.68. The van der Waals surface area contributed by atoms with Gasteiger partial charge in [-0.2, -0.15) is 0 Å². The van der Waals surface area contributed by atoms with E-state index in [-0.39, 0.29) is 0 Å². The molecule has 0 amide bonds. The molecule has 0 aromatic carbocycles. The van der Waals surface area contributed by atoms with E-state index in [1.54, 1.807) is 0 Å². The van der Waals surface area contributed by atoms with Gasteiger partial charge in [-0.3, -0.25) is 0 Å². The van der Waals surface area contributed by atoms with Gasteiger partial charge in [-0.25, -0.2) is 0 Å². The van der Waals surface area contributed by atoms with Crippen LogP contribution in [0.3, 0.4) is 0 Å². The fourth-order valence-electron chi connectivity index (χ4n) is 2.57. The predicted octanol–water partition coefficient (Wildman–Crippen LogP) is -2.49. The van der Waals surface area contributed by atoms with Gasteiger partial charge < -0.3 is 11.4 Å². The molecule has 0 saturated heterocycles. The van der Waals surface area contributed by atoms with Crippen molar-refractivity contribution in [1.29, 1.82) is 0 Å². The van der Waals surface area contributed by atoms with Crippen LogP contribution in [0.15, 0.2) is 0 Å². The molecule has 0 fully saturated rings. The second-order valence-electron chi connectivity index (χ2n) is 4.44. The Morgan fingerprint density at radius 1 is 0.765 bits per heavy atom. The summed E-state index contributed by atoms with van der Waals surface area (Å²) in [6.45, 7) is 14.8. The molecule has 106 valence electrons. The first-order valence-electron chi connectivity index (χ1n) is 6.57. The summed E-state index contributed by atoms with van der Waals surface area (Å²) in [6.07, 6.45) is 5.33. The lowest BCUT2D eigenvalue weighted by Crippen LogP contribution is -3.98. The minimum absolute atomic E-state index is 1.33. The van der Waals surface area contributed by atoms with Crippen LogP contribution in [0.1, 0.15) is 53.4 Å². The van der Waals surface area contributed by atoms with Crippen molar-refractivity contribution in [1.82, 2.24) is 0 Å². The average molecular weight is 362 g/mol. The van der Waals surface area contributed by atoms with Crippen molar-refractivity contribution in [3.8, 4) is 0 Å². The summed E-state index contributed by atoms with van der Waals surface area (Å²) < 4.78 is 25.8. The van der Waals surface area contributed by atoms with E-state index in [1.165, 1.54) is 56.3 Å². The van der Waals surface area contributed by atoms with Crippen LogP contribution in [-0.4, -0.2) is 34.1 Å². The maximum Gasteiger partial charge on any atom is 0.503 e. The molecule has 5 heteroatoms. The summed E-state index contributed by atoms with van der Waals surface area (Å²) in [4.78, 5) is 0. The quantitative estimate of drug-likeness (QED) is 0.384. The monoisotopic (exact) mass is 362 g/mol. The fourth-order valence-corrected chi connectivity index (χ4v) is 2.57. The molecular formula is C12H29INO3+. The zero-order valence-corrected chi connectivity index (χ0v) is 13.9. The van der Waals surface area contributed by atoms with E-state index in [2.05, 4.69) is 27.7 Å². The first kappa shape index (κ1) is 19.9. The van der Waals surface area contributed by atoms with Crippen molar-refractivity contribution in [3.05, 3.63) is 0 Å². The Morgan fingerprint density at radius 3 is 1.06 bits per heavy atom. The minimum Gasteiger partial charge on any atom is -0.396 e. The molecule has 0 atom stereocenters. The number of halogens is 1. The third-order valence-electron chi connectivity index (χ3n) is 2.79. The van der Waals surface area contributed by atoms with Gasteiger partial charge in [-0.15, -0.1) is 0 Å². The van der Waals surface area contributed by atoms with Crippen LogP contribution in [0.4, 0.5) is 0 Å². The van der Waals surface area contributed by atoms with Gasteiger partial charge in [-0.05, 0) is 29.1 Å². The first-order valence-corrected chi connectivity index (χ1v) is 9.30. The smallest absolute Gasteiger partial charge is 0.396 e. The van der Waals surface area contributed by atoms with Crippen molar-refractivity contribution in [2.24, 2.45) is 0 Å². The van der Waals surface area contributed by atoms with Gasteiger partial charge >= 0.3 is 21.1 Å². The van der Waals surface area contributed by atoms with Crippen LogP contribution in [-0.2, 0) is 0 Å². The highest BCUT2D eigenvalue weighted by molar-refractivity contribution is 4.43. The Morgan fingerprint density at radius 2 is 0.941 bits per heavy atom. The molecule has 0 aliphatic carbocycles. The van der Waals surface area contributed by atoms with Gasteiger partial charge in [0.25, 0.3) is 0 Å². The Labute approximate surface area is 115 Å². The van der Waals surface area contributed by atoms with E-state index in [4.69, 9.17) is 10.3 Å². The van der Waals surface area contributed by atoms with Crippen molar-refractivity contribution in [2.75, 3.05) is 26.2 Å². The summed E-state index contributed by atoms with van der Waals surface area (Å²) in [5, 5.41) is 0. The van der Waals surface area contributed by atoms with Crippen LogP contribution < -0.4 is 27.9 Å². The molecule has 0 saturated carbocycles. The lowest BCUT2D eigenvalue weighted by molar-refractivity contribution is -1.63. The maximum absolute atomic E-state index is 8.68. The predicted molar refractivity (Wildman–Crippen MR) is 63.1 cm³/mol. The van der Waals surface area contributed by atoms with E-state index in [0.29, 0.717) is 0 Å². The summed E-state index contributed by atoms with van der Waals surface area (Å²) in [5.74, 6) is 0. The second-order valence-corrected chi connectivity index (χ2v) is 5.58. The molecule has 4 nitrogen and oxygen atoms in total. The van der Waals surface area contributed by atoms with E-state index in [9.17, 15) is 0 Å². The minimum atomic E-state index is -3.76. The van der Waals surface area contributed by atoms with E-state index < -0.39 is 21.1 Å². The summed E-state index contributed by atoms with van der Waals surface area (Å²) in [6, 6.07) is 0. The lowest BCUT2D eigenvalue weighted by Gasteiger charge is -2.38. The third-order valence-corrected chi connectivity index (χ3v) is 2.79.